The Balaban J connectivity index is 2.37. The number of aryl methyl sites for hydroxylation is 1. The van der Waals surface area contributed by atoms with E-state index in [2.05, 4.69) is 5.32 Å². The zero-order chi connectivity index (χ0) is 16.4. The molecule has 0 aliphatic rings. The minimum absolute atomic E-state index is 0.122. The molecule has 0 saturated heterocycles. The third-order valence-corrected chi connectivity index (χ3v) is 2.72. The Labute approximate surface area is 129 Å². The van der Waals surface area contributed by atoms with Crippen LogP contribution in [0.4, 0.5) is 4.79 Å². The molecule has 0 heterocycles. The summed E-state index contributed by atoms with van der Waals surface area (Å²) in [5.74, 6) is -0.462. The van der Waals surface area contributed by atoms with Crippen LogP contribution in [0.15, 0.2) is 24.3 Å². The van der Waals surface area contributed by atoms with Crippen molar-refractivity contribution in [3.8, 4) is 5.75 Å². The number of nitrogens with one attached hydrogen (secondary N) is 2. The number of carbonyl (C=O) groups is 3. The lowest BCUT2D eigenvalue weighted by molar-refractivity contribution is -0.148. The largest absolute Gasteiger partial charge is 0.494 e. The van der Waals surface area contributed by atoms with Gasteiger partial charge in [-0.15, -0.1) is 0 Å². The van der Waals surface area contributed by atoms with E-state index >= 15 is 0 Å². The summed E-state index contributed by atoms with van der Waals surface area (Å²) in [5.41, 5.74) is 0.899. The van der Waals surface area contributed by atoms with Gasteiger partial charge < -0.3 is 14.8 Å². The number of carbonyl (C=O) groups excluding carboxylic acids is 3. The van der Waals surface area contributed by atoms with Crippen molar-refractivity contribution in [2.45, 2.75) is 19.8 Å². The van der Waals surface area contributed by atoms with E-state index in [-0.39, 0.29) is 6.42 Å². The van der Waals surface area contributed by atoms with Crippen LogP contribution in [0.25, 0.3) is 0 Å². The van der Waals surface area contributed by atoms with E-state index in [0.717, 1.165) is 11.3 Å². The second kappa shape index (κ2) is 9.38. The molecule has 1 rings (SSSR count). The fourth-order valence-electron chi connectivity index (χ4n) is 1.69. The molecule has 0 saturated carbocycles. The monoisotopic (exact) mass is 308 g/mol. The fourth-order valence-corrected chi connectivity index (χ4v) is 1.69. The number of hydrogen-bond acceptors (Lipinski definition) is 5. The predicted octanol–water partition coefficient (Wildman–Crippen LogP) is 1.02. The van der Waals surface area contributed by atoms with Crippen molar-refractivity contribution in [1.29, 1.82) is 0 Å². The van der Waals surface area contributed by atoms with Crippen molar-refractivity contribution in [3.05, 3.63) is 29.8 Å². The van der Waals surface area contributed by atoms with E-state index in [4.69, 9.17) is 9.47 Å². The number of imide groups is 1. The molecule has 2 N–H and O–H groups in total. The Morgan fingerprint density at radius 3 is 2.59 bits per heavy atom. The number of rotatable bonds is 7. The van der Waals surface area contributed by atoms with Gasteiger partial charge in [-0.25, -0.2) is 4.79 Å². The van der Waals surface area contributed by atoms with Gasteiger partial charge in [-0.1, -0.05) is 18.2 Å². The molecule has 0 radical (unpaired) electrons. The van der Waals surface area contributed by atoms with E-state index in [1.54, 1.807) is 0 Å². The fraction of sp³-hybridized carbons (Fsp3) is 0.400. The molecule has 0 fully saturated rings. The molecular weight excluding hydrogens is 288 g/mol. The Bertz CT molecular complexity index is 530. The van der Waals surface area contributed by atoms with Crippen LogP contribution in [-0.4, -0.2) is 38.2 Å². The van der Waals surface area contributed by atoms with E-state index in [1.807, 2.05) is 36.5 Å². The molecule has 1 aromatic rings. The molecule has 3 amide bonds. The number of esters is 1. The topological polar surface area (TPSA) is 93.7 Å². The Kier molecular flexibility index (Phi) is 7.45. The zero-order valence-corrected chi connectivity index (χ0v) is 12.7. The molecule has 0 aliphatic carbocycles. The van der Waals surface area contributed by atoms with E-state index in [9.17, 15) is 14.4 Å². The number of hydrogen-bond donors (Lipinski definition) is 2. The summed E-state index contributed by atoms with van der Waals surface area (Å²) < 4.78 is 10.3. The summed E-state index contributed by atoms with van der Waals surface area (Å²) in [6.07, 6.45) is 0.573. The first-order valence-corrected chi connectivity index (χ1v) is 6.94. The van der Waals surface area contributed by atoms with Crippen LogP contribution in [-0.2, 0) is 20.7 Å². The number of amides is 3. The maximum absolute atomic E-state index is 11.6. The molecule has 22 heavy (non-hydrogen) atoms. The van der Waals surface area contributed by atoms with E-state index in [1.165, 1.54) is 7.05 Å². The first-order valence-electron chi connectivity index (χ1n) is 6.94. The second-order valence-corrected chi connectivity index (χ2v) is 4.33. The Morgan fingerprint density at radius 2 is 1.91 bits per heavy atom. The molecule has 120 valence electrons. The molecule has 0 unspecified atom stereocenters. The van der Waals surface area contributed by atoms with Gasteiger partial charge in [0.15, 0.2) is 6.61 Å². The first-order chi connectivity index (χ1) is 10.6. The van der Waals surface area contributed by atoms with Gasteiger partial charge >= 0.3 is 12.0 Å². The Hall–Kier alpha value is -2.57. The van der Waals surface area contributed by atoms with Crippen molar-refractivity contribution < 1.29 is 23.9 Å². The highest BCUT2D eigenvalue weighted by Gasteiger charge is 2.11. The first kappa shape index (κ1) is 17.5. The van der Waals surface area contributed by atoms with Gasteiger partial charge in [0.25, 0.3) is 5.91 Å². The number of ether oxygens (including phenoxy) is 2. The molecule has 0 aromatic heterocycles. The van der Waals surface area contributed by atoms with Crippen molar-refractivity contribution in [3.63, 3.8) is 0 Å². The minimum atomic E-state index is -0.678. The van der Waals surface area contributed by atoms with Crippen LogP contribution in [0.3, 0.4) is 0 Å². The third-order valence-electron chi connectivity index (χ3n) is 2.72. The van der Waals surface area contributed by atoms with Crippen molar-refractivity contribution in [2.24, 2.45) is 0 Å². The zero-order valence-electron chi connectivity index (χ0n) is 12.7. The average molecular weight is 308 g/mol. The highest BCUT2D eigenvalue weighted by atomic mass is 16.5. The van der Waals surface area contributed by atoms with Gasteiger partial charge in [0.2, 0.25) is 0 Å². The number of urea groups is 1. The van der Waals surface area contributed by atoms with E-state index in [0.29, 0.717) is 13.0 Å². The van der Waals surface area contributed by atoms with Crippen LogP contribution in [0.5, 0.6) is 5.75 Å². The van der Waals surface area contributed by atoms with Crippen molar-refractivity contribution >= 4 is 17.9 Å². The van der Waals surface area contributed by atoms with Gasteiger partial charge in [-0.3, -0.25) is 14.9 Å². The lowest BCUT2D eigenvalue weighted by Crippen LogP contribution is -2.39. The van der Waals surface area contributed by atoms with Crippen molar-refractivity contribution in [2.75, 3.05) is 20.3 Å². The SMILES string of the molecule is CCOc1ccccc1CCC(=O)OCC(=O)NC(=O)NC. The molecule has 0 aliphatic heterocycles. The molecule has 1 aromatic carbocycles. The van der Waals surface area contributed by atoms with Gasteiger partial charge in [0, 0.05) is 13.5 Å². The van der Waals surface area contributed by atoms with Crippen LogP contribution in [0.2, 0.25) is 0 Å². The molecule has 7 heteroatoms. The summed E-state index contributed by atoms with van der Waals surface area (Å²) >= 11 is 0. The molecular formula is C15H20N2O5. The molecule has 7 nitrogen and oxygen atoms in total. The quantitative estimate of drug-likeness (QED) is 0.733. The van der Waals surface area contributed by atoms with Gasteiger partial charge in [0.05, 0.1) is 6.61 Å². The lowest BCUT2D eigenvalue weighted by Gasteiger charge is -2.09. The smallest absolute Gasteiger partial charge is 0.321 e. The maximum atomic E-state index is 11.6. The highest BCUT2D eigenvalue weighted by molar-refractivity contribution is 5.95. The summed E-state index contributed by atoms with van der Waals surface area (Å²) in [5, 5.41) is 4.22. The maximum Gasteiger partial charge on any atom is 0.321 e. The number of benzene rings is 1. The Morgan fingerprint density at radius 1 is 1.18 bits per heavy atom. The van der Waals surface area contributed by atoms with Gasteiger partial charge in [-0.2, -0.15) is 0 Å². The summed E-state index contributed by atoms with van der Waals surface area (Å²) in [6, 6.07) is 6.78. The minimum Gasteiger partial charge on any atom is -0.494 e. The predicted molar refractivity (Wildman–Crippen MR) is 79.5 cm³/mol. The molecule has 0 spiro atoms. The number of para-hydroxylation sites is 1. The highest BCUT2D eigenvalue weighted by Crippen LogP contribution is 2.19. The summed E-state index contributed by atoms with van der Waals surface area (Å²) in [4.78, 5) is 33.7. The van der Waals surface area contributed by atoms with E-state index < -0.39 is 24.5 Å². The van der Waals surface area contributed by atoms with Gasteiger partial charge in [-0.05, 0) is 25.0 Å². The second-order valence-electron chi connectivity index (χ2n) is 4.33. The molecule has 0 bridgehead atoms. The normalized spacial score (nSPS) is 9.73. The van der Waals surface area contributed by atoms with Gasteiger partial charge in [0.1, 0.15) is 5.75 Å². The van der Waals surface area contributed by atoms with Crippen molar-refractivity contribution in [1.82, 2.24) is 10.6 Å². The third kappa shape index (κ3) is 6.25. The summed E-state index contributed by atoms with van der Waals surface area (Å²) in [6.45, 7) is 1.94. The average Bonchev–Trinajstić information content (AvgIpc) is 2.52. The van der Waals surface area contributed by atoms with Crippen LogP contribution in [0.1, 0.15) is 18.9 Å². The lowest BCUT2D eigenvalue weighted by atomic mass is 10.1. The standard InChI is InChI=1S/C15H20N2O5/c1-3-21-12-7-5-4-6-11(12)8-9-14(19)22-10-13(18)17-15(20)16-2/h4-7H,3,8-10H2,1-2H3,(H2,16,17,18,20). The van der Waals surface area contributed by atoms with Crippen LogP contribution in [0, 0.1) is 0 Å². The van der Waals surface area contributed by atoms with Crippen LogP contribution < -0.4 is 15.4 Å². The molecule has 0 atom stereocenters. The van der Waals surface area contributed by atoms with Crippen LogP contribution >= 0.6 is 0 Å². The summed E-state index contributed by atoms with van der Waals surface area (Å²) in [7, 11) is 1.38.